The molecule has 4 nitrogen and oxygen atoms in total. The monoisotopic (exact) mass is 232 g/mol. The highest BCUT2D eigenvalue weighted by atomic mass is 16.5. The number of benzene rings is 1. The number of aryl methyl sites for hydroxylation is 3. The Morgan fingerprint density at radius 1 is 1.35 bits per heavy atom. The van der Waals surface area contributed by atoms with Crippen LogP contribution in [0.2, 0.25) is 0 Å². The molecule has 90 valence electrons. The smallest absolute Gasteiger partial charge is 0.227 e. The highest BCUT2D eigenvalue weighted by Crippen LogP contribution is 2.11. The summed E-state index contributed by atoms with van der Waals surface area (Å²) in [6, 6.07) is 8.34. The molecule has 0 spiro atoms. The van der Waals surface area contributed by atoms with Crippen LogP contribution in [0.3, 0.4) is 0 Å². The van der Waals surface area contributed by atoms with E-state index in [4.69, 9.17) is 4.52 Å². The molecule has 0 aliphatic rings. The summed E-state index contributed by atoms with van der Waals surface area (Å²) in [5.74, 6) is 0.923. The first-order chi connectivity index (χ1) is 8.15. The maximum absolute atomic E-state index is 9.27. The van der Waals surface area contributed by atoms with Gasteiger partial charge < -0.3 is 9.63 Å². The van der Waals surface area contributed by atoms with Crippen LogP contribution in [0.4, 0.5) is 0 Å². The SMILES string of the molecule is Cc1cccc(CCc2nc(C(C)O)no2)c1. The second-order valence-corrected chi connectivity index (χ2v) is 4.21. The maximum Gasteiger partial charge on any atom is 0.227 e. The number of rotatable bonds is 4. The zero-order valence-corrected chi connectivity index (χ0v) is 10.1. The van der Waals surface area contributed by atoms with Crippen molar-refractivity contribution in [2.45, 2.75) is 32.8 Å². The van der Waals surface area contributed by atoms with Gasteiger partial charge >= 0.3 is 0 Å². The van der Waals surface area contributed by atoms with Crippen molar-refractivity contribution in [3.63, 3.8) is 0 Å². The first-order valence-electron chi connectivity index (χ1n) is 5.71. The van der Waals surface area contributed by atoms with E-state index in [0.717, 1.165) is 6.42 Å². The maximum atomic E-state index is 9.27. The molecule has 2 aromatic rings. The van der Waals surface area contributed by atoms with E-state index in [1.165, 1.54) is 11.1 Å². The first kappa shape index (κ1) is 11.8. The zero-order valence-electron chi connectivity index (χ0n) is 10.1. The van der Waals surface area contributed by atoms with Gasteiger partial charge in [0, 0.05) is 6.42 Å². The lowest BCUT2D eigenvalue weighted by Gasteiger charge is -1.99. The number of hydrogen-bond donors (Lipinski definition) is 1. The quantitative estimate of drug-likeness (QED) is 0.878. The van der Waals surface area contributed by atoms with Crippen molar-refractivity contribution in [2.24, 2.45) is 0 Å². The summed E-state index contributed by atoms with van der Waals surface area (Å²) in [6.07, 6.45) is 0.887. The number of aliphatic hydroxyl groups is 1. The van der Waals surface area contributed by atoms with Crippen molar-refractivity contribution >= 4 is 0 Å². The van der Waals surface area contributed by atoms with Crippen LogP contribution in [0.1, 0.15) is 35.9 Å². The van der Waals surface area contributed by atoms with Crippen molar-refractivity contribution in [1.29, 1.82) is 0 Å². The van der Waals surface area contributed by atoms with Gasteiger partial charge in [-0.25, -0.2) is 0 Å². The average molecular weight is 232 g/mol. The highest BCUT2D eigenvalue weighted by molar-refractivity contribution is 5.22. The summed E-state index contributed by atoms with van der Waals surface area (Å²) in [7, 11) is 0. The molecule has 1 unspecified atom stereocenters. The molecule has 4 heteroatoms. The molecule has 0 aliphatic heterocycles. The molecule has 1 aromatic heterocycles. The standard InChI is InChI=1S/C13H16N2O2/c1-9-4-3-5-11(8-9)6-7-12-14-13(10(2)16)15-17-12/h3-5,8,10,16H,6-7H2,1-2H3. The molecule has 0 saturated carbocycles. The van der Waals surface area contributed by atoms with Crippen LogP contribution in [0.15, 0.2) is 28.8 Å². The summed E-state index contributed by atoms with van der Waals surface area (Å²) in [5.41, 5.74) is 2.50. The van der Waals surface area contributed by atoms with Crippen LogP contribution in [0.5, 0.6) is 0 Å². The van der Waals surface area contributed by atoms with Gasteiger partial charge in [0.1, 0.15) is 6.10 Å². The van der Waals surface area contributed by atoms with Gasteiger partial charge in [-0.15, -0.1) is 0 Å². The molecule has 0 aliphatic carbocycles. The molecule has 1 N–H and O–H groups in total. The van der Waals surface area contributed by atoms with Gasteiger partial charge in [-0.2, -0.15) is 4.98 Å². The minimum absolute atomic E-state index is 0.351. The molecule has 0 radical (unpaired) electrons. The van der Waals surface area contributed by atoms with Crippen molar-refractivity contribution in [3.8, 4) is 0 Å². The third kappa shape index (κ3) is 3.14. The van der Waals surface area contributed by atoms with Crippen LogP contribution in [0, 0.1) is 6.92 Å². The lowest BCUT2D eigenvalue weighted by atomic mass is 10.1. The molecule has 1 aromatic carbocycles. The molecule has 0 bridgehead atoms. The molecule has 0 saturated heterocycles. The number of nitrogens with zero attached hydrogens (tertiary/aromatic N) is 2. The van der Waals surface area contributed by atoms with Gasteiger partial charge in [0.15, 0.2) is 5.82 Å². The molecule has 1 heterocycles. The van der Waals surface area contributed by atoms with Crippen molar-refractivity contribution < 1.29 is 9.63 Å². The second-order valence-electron chi connectivity index (χ2n) is 4.21. The van der Waals surface area contributed by atoms with E-state index < -0.39 is 6.10 Å². The van der Waals surface area contributed by atoms with Crippen LogP contribution < -0.4 is 0 Å². The largest absolute Gasteiger partial charge is 0.385 e. The molecule has 0 fully saturated rings. The minimum atomic E-state index is -0.675. The van der Waals surface area contributed by atoms with E-state index in [9.17, 15) is 5.11 Å². The van der Waals surface area contributed by atoms with E-state index in [1.54, 1.807) is 6.92 Å². The molecular formula is C13H16N2O2. The summed E-state index contributed by atoms with van der Waals surface area (Å²) >= 11 is 0. The van der Waals surface area contributed by atoms with E-state index in [0.29, 0.717) is 18.1 Å². The van der Waals surface area contributed by atoms with E-state index in [-0.39, 0.29) is 0 Å². The third-order valence-electron chi connectivity index (χ3n) is 2.57. The predicted octanol–water partition coefficient (Wildman–Crippen LogP) is 2.22. The van der Waals surface area contributed by atoms with Crippen LogP contribution >= 0.6 is 0 Å². The normalized spacial score (nSPS) is 12.6. The molecule has 1 atom stereocenters. The van der Waals surface area contributed by atoms with E-state index in [2.05, 4.69) is 35.3 Å². The van der Waals surface area contributed by atoms with Crippen LogP contribution in [-0.2, 0) is 12.8 Å². The number of hydrogen-bond acceptors (Lipinski definition) is 4. The van der Waals surface area contributed by atoms with Crippen molar-refractivity contribution in [1.82, 2.24) is 10.1 Å². The fourth-order valence-corrected chi connectivity index (χ4v) is 1.66. The number of aliphatic hydroxyl groups excluding tert-OH is 1. The Bertz CT molecular complexity index is 492. The van der Waals surface area contributed by atoms with Gasteiger partial charge in [0.25, 0.3) is 0 Å². The predicted molar refractivity (Wildman–Crippen MR) is 63.5 cm³/mol. The molecule has 2 rings (SSSR count). The fourth-order valence-electron chi connectivity index (χ4n) is 1.66. The van der Waals surface area contributed by atoms with E-state index >= 15 is 0 Å². The average Bonchev–Trinajstić information content (AvgIpc) is 2.75. The zero-order chi connectivity index (χ0) is 12.3. The first-order valence-corrected chi connectivity index (χ1v) is 5.71. The number of aromatic nitrogens is 2. The van der Waals surface area contributed by atoms with Gasteiger partial charge in [-0.05, 0) is 25.8 Å². The summed E-state index contributed by atoms with van der Waals surface area (Å²) in [5, 5.41) is 13.0. The Balaban J connectivity index is 1.97. The minimum Gasteiger partial charge on any atom is -0.385 e. The van der Waals surface area contributed by atoms with Crippen molar-refractivity contribution in [2.75, 3.05) is 0 Å². The van der Waals surface area contributed by atoms with Crippen LogP contribution in [0.25, 0.3) is 0 Å². The Morgan fingerprint density at radius 2 is 2.18 bits per heavy atom. The van der Waals surface area contributed by atoms with Crippen molar-refractivity contribution in [3.05, 3.63) is 47.1 Å². The van der Waals surface area contributed by atoms with Gasteiger partial charge in [0.05, 0.1) is 0 Å². The fraction of sp³-hybridized carbons (Fsp3) is 0.385. The molecule has 0 amide bonds. The highest BCUT2D eigenvalue weighted by Gasteiger charge is 2.10. The molecule has 17 heavy (non-hydrogen) atoms. The van der Waals surface area contributed by atoms with Gasteiger partial charge in [0.2, 0.25) is 5.89 Å². The van der Waals surface area contributed by atoms with Gasteiger partial charge in [-0.1, -0.05) is 35.0 Å². The van der Waals surface area contributed by atoms with Gasteiger partial charge in [-0.3, -0.25) is 0 Å². The lowest BCUT2D eigenvalue weighted by molar-refractivity contribution is 0.184. The third-order valence-corrected chi connectivity index (χ3v) is 2.57. The topological polar surface area (TPSA) is 59.2 Å². The summed E-state index contributed by atoms with van der Waals surface area (Å²) < 4.78 is 5.06. The Hall–Kier alpha value is -1.68. The summed E-state index contributed by atoms with van der Waals surface area (Å²) in [4.78, 5) is 4.12. The molecular weight excluding hydrogens is 216 g/mol. The van der Waals surface area contributed by atoms with Crippen LogP contribution in [-0.4, -0.2) is 15.2 Å². The summed E-state index contributed by atoms with van der Waals surface area (Å²) in [6.45, 7) is 3.69. The Labute approximate surface area is 100 Å². The van der Waals surface area contributed by atoms with E-state index in [1.807, 2.05) is 6.07 Å². The second kappa shape index (κ2) is 5.10. The Kier molecular flexibility index (Phi) is 3.54. The Morgan fingerprint density at radius 3 is 2.82 bits per heavy atom. The lowest BCUT2D eigenvalue weighted by Crippen LogP contribution is -1.95.